The Morgan fingerprint density at radius 3 is 2.24 bits per heavy atom. The van der Waals surface area contributed by atoms with E-state index >= 15 is 0 Å². The van der Waals surface area contributed by atoms with E-state index in [-0.39, 0.29) is 29.6 Å². The van der Waals surface area contributed by atoms with Crippen LogP contribution in [0.4, 0.5) is 13.2 Å². The number of amides is 1. The second kappa shape index (κ2) is 6.34. The quantitative estimate of drug-likeness (QED) is 0.356. The number of halogens is 3. The molecule has 0 unspecified atom stereocenters. The van der Waals surface area contributed by atoms with Gasteiger partial charge in [0.15, 0.2) is 9.84 Å². The van der Waals surface area contributed by atoms with E-state index < -0.39 is 65.9 Å². The summed E-state index contributed by atoms with van der Waals surface area (Å²) < 4.78 is 82.6. The number of carbonyl (C=O) groups is 2. The second-order valence-electron chi connectivity index (χ2n) is 5.91. The van der Waals surface area contributed by atoms with Crippen LogP contribution in [0.25, 0.3) is 0 Å². The summed E-state index contributed by atoms with van der Waals surface area (Å²) in [7, 11) is -10.0. The van der Waals surface area contributed by atoms with Crippen LogP contribution < -0.4 is 39.4 Å². The number of hydrogen-bond donors (Lipinski definition) is 1. The summed E-state index contributed by atoms with van der Waals surface area (Å²) in [6, 6.07) is -1.81. The standard InChI is InChI=1S/C10H13F3N2O7S2.Na/c1-9(2)5(8(17)18)15-6(16)4(7(15)23(9,19)20)3-14-24(21,22)10(11,12)13;/h4-5,7,14H,3H2,1-2H3,(H,17,18);/q;+1/p-1/t4-,5+,7-;/m1./s1. The minimum Gasteiger partial charge on any atom is -0.548 e. The van der Waals surface area contributed by atoms with Gasteiger partial charge in [0.25, 0.3) is 0 Å². The molecule has 2 fully saturated rings. The van der Waals surface area contributed by atoms with Crippen LogP contribution in [0.3, 0.4) is 0 Å². The van der Waals surface area contributed by atoms with Gasteiger partial charge < -0.3 is 14.8 Å². The molecule has 3 atom stereocenters. The van der Waals surface area contributed by atoms with E-state index in [2.05, 4.69) is 0 Å². The third-order valence-electron chi connectivity index (χ3n) is 4.20. The van der Waals surface area contributed by atoms with Crippen molar-refractivity contribution in [1.29, 1.82) is 0 Å². The number of aliphatic carboxylic acids is 1. The summed E-state index contributed by atoms with van der Waals surface area (Å²) in [6.07, 6.45) is 0. The monoisotopic (exact) mass is 416 g/mol. The Kier molecular flexibility index (Phi) is 5.74. The minimum atomic E-state index is -5.76. The summed E-state index contributed by atoms with van der Waals surface area (Å²) in [5, 5.41) is 9.44. The van der Waals surface area contributed by atoms with Crippen molar-refractivity contribution in [3.05, 3.63) is 0 Å². The molecule has 1 N–H and O–H groups in total. The van der Waals surface area contributed by atoms with Crippen LogP contribution in [0.15, 0.2) is 0 Å². The smallest absolute Gasteiger partial charge is 0.548 e. The number of nitrogens with one attached hydrogen (secondary N) is 1. The minimum absolute atomic E-state index is 0. The van der Waals surface area contributed by atoms with E-state index in [0.717, 1.165) is 18.6 Å². The molecule has 0 bridgehead atoms. The van der Waals surface area contributed by atoms with E-state index in [4.69, 9.17) is 0 Å². The molecule has 2 rings (SSSR count). The van der Waals surface area contributed by atoms with Gasteiger partial charge in [0, 0.05) is 6.54 Å². The molecule has 0 aromatic heterocycles. The number of nitrogens with zero attached hydrogens (tertiary/aromatic N) is 1. The van der Waals surface area contributed by atoms with Gasteiger partial charge in [-0.25, -0.2) is 21.6 Å². The molecule has 2 aliphatic rings. The molecule has 1 amide bonds. The largest absolute Gasteiger partial charge is 1.00 e. The Morgan fingerprint density at radius 1 is 1.36 bits per heavy atom. The topological polar surface area (TPSA) is 141 Å². The average molecular weight is 416 g/mol. The molecule has 0 saturated carbocycles. The first-order valence-electron chi connectivity index (χ1n) is 6.40. The van der Waals surface area contributed by atoms with Crippen LogP contribution in [0.1, 0.15) is 13.8 Å². The SMILES string of the molecule is CC1(C)[C@H](C(=O)[O-])N2C(=O)[C@@H](CNS(=O)(=O)C(F)(F)F)[C@H]2S1(=O)=O.[Na+]. The predicted molar refractivity (Wildman–Crippen MR) is 68.9 cm³/mol. The Morgan fingerprint density at radius 2 is 1.84 bits per heavy atom. The molecule has 0 radical (unpaired) electrons. The van der Waals surface area contributed by atoms with Crippen LogP contribution in [0.5, 0.6) is 0 Å². The van der Waals surface area contributed by atoms with Crippen LogP contribution in [-0.4, -0.2) is 61.8 Å². The second-order valence-corrected chi connectivity index (χ2v) is 10.3. The first-order chi connectivity index (χ1) is 10.6. The van der Waals surface area contributed by atoms with Crippen LogP contribution in [0, 0.1) is 5.92 Å². The fraction of sp³-hybridized carbons (Fsp3) is 0.800. The van der Waals surface area contributed by atoms with Gasteiger partial charge in [0.2, 0.25) is 5.91 Å². The molecule has 0 aromatic rings. The number of carboxylic acids is 1. The zero-order valence-corrected chi connectivity index (χ0v) is 16.8. The third kappa shape index (κ3) is 3.10. The van der Waals surface area contributed by atoms with Gasteiger partial charge in [0.1, 0.15) is 5.37 Å². The Hall–Kier alpha value is -0.410. The van der Waals surface area contributed by atoms with E-state index in [1.807, 2.05) is 0 Å². The zero-order valence-electron chi connectivity index (χ0n) is 13.2. The zero-order chi connectivity index (χ0) is 18.9. The van der Waals surface area contributed by atoms with Gasteiger partial charge in [-0.1, -0.05) is 0 Å². The molecule has 2 saturated heterocycles. The van der Waals surface area contributed by atoms with Crippen molar-refractivity contribution in [2.45, 2.75) is 35.5 Å². The summed E-state index contributed by atoms with van der Waals surface area (Å²) in [5.74, 6) is -4.54. The van der Waals surface area contributed by atoms with E-state index in [1.165, 1.54) is 0 Å². The average Bonchev–Trinajstić information content (AvgIpc) is 2.51. The van der Waals surface area contributed by atoms with Crippen LogP contribution >= 0.6 is 0 Å². The van der Waals surface area contributed by atoms with Gasteiger partial charge in [-0.05, 0) is 13.8 Å². The van der Waals surface area contributed by atoms with Crippen molar-refractivity contribution in [1.82, 2.24) is 9.62 Å². The Labute approximate surface area is 163 Å². The number of fused-ring (bicyclic) bond motifs is 1. The van der Waals surface area contributed by atoms with Crippen molar-refractivity contribution < 1.29 is 74.3 Å². The van der Waals surface area contributed by atoms with E-state index in [9.17, 15) is 44.7 Å². The van der Waals surface area contributed by atoms with Crippen LogP contribution in [0.2, 0.25) is 0 Å². The van der Waals surface area contributed by atoms with Crippen molar-refractivity contribution in [3.8, 4) is 0 Å². The maximum atomic E-state index is 12.4. The van der Waals surface area contributed by atoms with Gasteiger partial charge in [-0.2, -0.15) is 13.2 Å². The molecule has 0 spiro atoms. The van der Waals surface area contributed by atoms with Crippen LogP contribution in [-0.2, 0) is 29.4 Å². The summed E-state index contributed by atoms with van der Waals surface area (Å²) in [4.78, 5) is 23.6. The molecular weight excluding hydrogens is 404 g/mol. The molecule has 9 nitrogen and oxygen atoms in total. The van der Waals surface area contributed by atoms with Crippen molar-refractivity contribution in [2.75, 3.05) is 6.54 Å². The first-order valence-corrected chi connectivity index (χ1v) is 9.42. The van der Waals surface area contributed by atoms with E-state index in [1.54, 1.807) is 0 Å². The number of rotatable bonds is 4. The number of carboxylic acid groups (broad SMARTS) is 1. The molecule has 25 heavy (non-hydrogen) atoms. The molecule has 2 aliphatic heterocycles. The van der Waals surface area contributed by atoms with Crippen molar-refractivity contribution in [3.63, 3.8) is 0 Å². The van der Waals surface area contributed by atoms with Gasteiger partial charge >= 0.3 is 45.1 Å². The normalized spacial score (nSPS) is 30.2. The molecule has 15 heteroatoms. The summed E-state index contributed by atoms with van der Waals surface area (Å²) >= 11 is 0. The number of sulfone groups is 1. The number of sulfonamides is 1. The predicted octanol–water partition coefficient (Wildman–Crippen LogP) is -5.46. The van der Waals surface area contributed by atoms with Crippen molar-refractivity contribution in [2.24, 2.45) is 5.92 Å². The van der Waals surface area contributed by atoms with Crippen molar-refractivity contribution >= 4 is 31.7 Å². The Bertz CT molecular complexity index is 809. The fourth-order valence-corrected chi connectivity index (χ4v) is 5.73. The third-order valence-corrected chi connectivity index (χ3v) is 8.24. The van der Waals surface area contributed by atoms with E-state index in [0.29, 0.717) is 4.90 Å². The first kappa shape index (κ1) is 22.6. The molecule has 138 valence electrons. The number of hydrogen-bond acceptors (Lipinski definition) is 7. The Balaban J connectivity index is 0.00000312. The van der Waals surface area contributed by atoms with Gasteiger partial charge in [-0.15, -0.1) is 0 Å². The fourth-order valence-electron chi connectivity index (χ4n) is 2.86. The summed E-state index contributed by atoms with van der Waals surface area (Å²) in [6.45, 7) is 0.980. The maximum Gasteiger partial charge on any atom is 1.00 e. The molecule has 0 aromatic carbocycles. The summed E-state index contributed by atoms with van der Waals surface area (Å²) in [5.41, 5.74) is -5.62. The number of alkyl halides is 3. The van der Waals surface area contributed by atoms with Gasteiger partial charge in [-0.3, -0.25) is 4.79 Å². The maximum absolute atomic E-state index is 12.4. The number of carbonyl (C=O) groups excluding carboxylic acids is 2. The molecule has 0 aliphatic carbocycles. The molecular formula is C10H12F3N2NaO7S2. The van der Waals surface area contributed by atoms with Gasteiger partial charge in [0.05, 0.1) is 22.7 Å². The number of β-lactam (4-membered cyclic amide) rings is 1. The molecule has 2 heterocycles.